The van der Waals surface area contributed by atoms with E-state index in [1.807, 2.05) is 25.1 Å². The number of nitrogens with one attached hydrogen (secondary N) is 2. The van der Waals surface area contributed by atoms with Crippen LogP contribution in [0.15, 0.2) is 48.7 Å². The summed E-state index contributed by atoms with van der Waals surface area (Å²) in [6.45, 7) is 4.11. The summed E-state index contributed by atoms with van der Waals surface area (Å²) in [5.74, 6) is 1.18. The van der Waals surface area contributed by atoms with Crippen LogP contribution in [0.25, 0.3) is 11.4 Å². The number of hydrogen-bond acceptors (Lipinski definition) is 4. The summed E-state index contributed by atoms with van der Waals surface area (Å²) >= 11 is 0. The van der Waals surface area contributed by atoms with Crippen molar-refractivity contribution in [1.29, 1.82) is 0 Å². The summed E-state index contributed by atoms with van der Waals surface area (Å²) in [5.41, 5.74) is 1.68. The van der Waals surface area contributed by atoms with E-state index >= 15 is 0 Å². The fourth-order valence-electron chi connectivity index (χ4n) is 4.23. The first-order chi connectivity index (χ1) is 16.3. The number of halogens is 3. The number of hydrogen-bond donors (Lipinski definition) is 2. The highest BCUT2D eigenvalue weighted by molar-refractivity contribution is 5.91. The van der Waals surface area contributed by atoms with E-state index in [0.29, 0.717) is 23.8 Å². The van der Waals surface area contributed by atoms with Crippen LogP contribution in [0.5, 0.6) is 0 Å². The number of nitrogens with zero attached hydrogens (tertiary/aromatic N) is 4. The normalized spacial score (nSPS) is 15.3. The lowest BCUT2D eigenvalue weighted by molar-refractivity contribution is -0.137. The summed E-state index contributed by atoms with van der Waals surface area (Å²) in [5, 5.41) is 2.71. The number of alkyl halides is 3. The molecule has 0 radical (unpaired) electrons. The van der Waals surface area contributed by atoms with Gasteiger partial charge in [-0.3, -0.25) is 9.80 Å². The third-order valence-corrected chi connectivity index (χ3v) is 6.10. The molecule has 1 saturated heterocycles. The van der Waals surface area contributed by atoms with Crippen LogP contribution in [-0.2, 0) is 12.7 Å². The smallest absolute Gasteiger partial charge is 0.342 e. The molecule has 10 heteroatoms. The van der Waals surface area contributed by atoms with Crippen LogP contribution in [0.2, 0.25) is 0 Å². The number of aromatic nitrogens is 3. The molecule has 0 spiro atoms. The number of piperidine rings is 1. The average molecular weight is 473 g/mol. The summed E-state index contributed by atoms with van der Waals surface area (Å²) < 4.78 is 38.5. The number of anilines is 1. The van der Waals surface area contributed by atoms with Crippen molar-refractivity contribution in [2.75, 3.05) is 25.0 Å². The molecule has 1 aliphatic rings. The Balaban J connectivity index is 1.41. The van der Waals surface area contributed by atoms with Gasteiger partial charge in [-0.1, -0.05) is 18.2 Å². The predicted molar refractivity (Wildman–Crippen MR) is 123 cm³/mol. The molecule has 2 N–H and O–H groups in total. The van der Waals surface area contributed by atoms with Gasteiger partial charge >= 0.3 is 12.2 Å². The SMILES string of the molecule is CNC(=O)N(c1ccccn1)C1CCN(Cc2nc(-c3ccc(C(F)(F)F)cc3)[nH]c2C)CC1. The van der Waals surface area contributed by atoms with Crippen molar-refractivity contribution < 1.29 is 18.0 Å². The van der Waals surface area contributed by atoms with Crippen LogP contribution in [-0.4, -0.2) is 52.1 Å². The van der Waals surface area contributed by atoms with E-state index in [2.05, 4.69) is 25.2 Å². The van der Waals surface area contributed by atoms with E-state index in [-0.39, 0.29) is 12.1 Å². The molecule has 2 aromatic heterocycles. The first kappa shape index (κ1) is 23.7. The first-order valence-corrected chi connectivity index (χ1v) is 11.1. The van der Waals surface area contributed by atoms with Crippen LogP contribution >= 0.6 is 0 Å². The number of aromatic amines is 1. The van der Waals surface area contributed by atoms with Crippen LogP contribution in [0.1, 0.15) is 29.8 Å². The zero-order chi connectivity index (χ0) is 24.3. The predicted octanol–water partition coefficient (Wildman–Crippen LogP) is 4.61. The van der Waals surface area contributed by atoms with E-state index in [4.69, 9.17) is 0 Å². The zero-order valence-corrected chi connectivity index (χ0v) is 19.1. The Morgan fingerprint density at radius 1 is 1.18 bits per heavy atom. The molecule has 1 aliphatic heterocycles. The van der Waals surface area contributed by atoms with Crippen molar-refractivity contribution >= 4 is 11.8 Å². The summed E-state index contributed by atoms with van der Waals surface area (Å²) in [4.78, 5) is 28.7. The Morgan fingerprint density at radius 2 is 1.88 bits per heavy atom. The number of urea groups is 1. The molecule has 0 bridgehead atoms. The quantitative estimate of drug-likeness (QED) is 0.569. The average Bonchev–Trinajstić information content (AvgIpc) is 3.20. The van der Waals surface area contributed by atoms with Gasteiger partial charge in [-0.05, 0) is 44.0 Å². The number of benzene rings is 1. The summed E-state index contributed by atoms with van der Waals surface area (Å²) in [6, 6.07) is 10.4. The van der Waals surface area contributed by atoms with Crippen LogP contribution in [0.4, 0.5) is 23.8 Å². The maximum atomic E-state index is 12.8. The molecular weight excluding hydrogens is 445 g/mol. The molecule has 34 heavy (non-hydrogen) atoms. The van der Waals surface area contributed by atoms with Gasteiger partial charge in [0.1, 0.15) is 11.6 Å². The lowest BCUT2D eigenvalue weighted by Crippen LogP contribution is -2.50. The van der Waals surface area contributed by atoms with Gasteiger partial charge in [0, 0.05) is 50.2 Å². The molecule has 1 fully saturated rings. The highest BCUT2D eigenvalue weighted by Gasteiger charge is 2.31. The number of rotatable bonds is 5. The largest absolute Gasteiger partial charge is 0.416 e. The molecule has 3 heterocycles. The number of aryl methyl sites for hydroxylation is 1. The summed E-state index contributed by atoms with van der Waals surface area (Å²) in [7, 11) is 1.61. The minimum absolute atomic E-state index is 0.0362. The van der Waals surface area contributed by atoms with Gasteiger partial charge in [-0.2, -0.15) is 13.2 Å². The molecular formula is C24H27F3N6O. The molecule has 0 saturated carbocycles. The summed E-state index contributed by atoms with van der Waals surface area (Å²) in [6.07, 6.45) is -1.10. The molecule has 2 amide bonds. The molecule has 0 unspecified atom stereocenters. The molecule has 1 aromatic carbocycles. The van der Waals surface area contributed by atoms with E-state index in [0.717, 1.165) is 49.5 Å². The number of pyridine rings is 1. The number of carbonyl (C=O) groups excluding carboxylic acids is 1. The lowest BCUT2D eigenvalue weighted by Gasteiger charge is -2.37. The Labute approximate surface area is 196 Å². The molecule has 180 valence electrons. The van der Waals surface area contributed by atoms with Gasteiger partial charge in [0.05, 0.1) is 11.3 Å². The zero-order valence-electron chi connectivity index (χ0n) is 19.1. The third-order valence-electron chi connectivity index (χ3n) is 6.10. The first-order valence-electron chi connectivity index (χ1n) is 11.1. The highest BCUT2D eigenvalue weighted by atomic mass is 19.4. The highest BCUT2D eigenvalue weighted by Crippen LogP contribution is 2.31. The standard InChI is InChI=1S/C24H27F3N6O/c1-16-20(31-22(30-16)17-6-8-18(9-7-17)24(25,26)27)15-32-13-10-19(11-14-32)33(23(34)28-2)21-5-3-4-12-29-21/h3-9,12,19H,10-11,13-15H2,1-2H3,(H,28,34)(H,30,31). The van der Waals surface area contributed by atoms with Crippen LogP contribution in [0, 0.1) is 6.92 Å². The second kappa shape index (κ2) is 9.84. The van der Waals surface area contributed by atoms with Gasteiger partial charge in [0.15, 0.2) is 0 Å². The number of likely N-dealkylation sites (tertiary alicyclic amines) is 1. The van der Waals surface area contributed by atoms with E-state index in [1.54, 1.807) is 18.1 Å². The minimum atomic E-state index is -4.36. The van der Waals surface area contributed by atoms with E-state index in [9.17, 15) is 18.0 Å². The Kier molecular flexibility index (Phi) is 6.87. The second-order valence-electron chi connectivity index (χ2n) is 8.35. The molecule has 0 aliphatic carbocycles. The van der Waals surface area contributed by atoms with Gasteiger partial charge in [-0.25, -0.2) is 14.8 Å². The van der Waals surface area contributed by atoms with Crippen molar-refractivity contribution in [2.24, 2.45) is 0 Å². The van der Waals surface area contributed by atoms with Crippen LogP contribution < -0.4 is 10.2 Å². The monoisotopic (exact) mass is 472 g/mol. The maximum Gasteiger partial charge on any atom is 0.416 e. The van der Waals surface area contributed by atoms with Crippen molar-refractivity contribution in [1.82, 2.24) is 25.2 Å². The lowest BCUT2D eigenvalue weighted by atomic mass is 10.0. The topological polar surface area (TPSA) is 77.2 Å². The fourth-order valence-corrected chi connectivity index (χ4v) is 4.23. The Bertz CT molecular complexity index is 1110. The van der Waals surface area contributed by atoms with E-state index < -0.39 is 11.7 Å². The van der Waals surface area contributed by atoms with Gasteiger partial charge in [-0.15, -0.1) is 0 Å². The van der Waals surface area contributed by atoms with E-state index in [1.165, 1.54) is 12.1 Å². The minimum Gasteiger partial charge on any atom is -0.342 e. The second-order valence-corrected chi connectivity index (χ2v) is 8.35. The third kappa shape index (κ3) is 5.22. The maximum absolute atomic E-state index is 12.8. The van der Waals surface area contributed by atoms with Crippen LogP contribution in [0.3, 0.4) is 0 Å². The molecule has 0 atom stereocenters. The van der Waals surface area contributed by atoms with Crippen molar-refractivity contribution in [2.45, 2.75) is 38.5 Å². The van der Waals surface area contributed by atoms with Gasteiger partial charge in [0.25, 0.3) is 0 Å². The number of amides is 2. The number of carbonyl (C=O) groups is 1. The molecule has 7 nitrogen and oxygen atoms in total. The van der Waals surface area contributed by atoms with Crippen molar-refractivity contribution in [3.63, 3.8) is 0 Å². The van der Waals surface area contributed by atoms with Gasteiger partial charge < -0.3 is 10.3 Å². The molecule has 4 rings (SSSR count). The number of H-pyrrole nitrogens is 1. The Morgan fingerprint density at radius 3 is 2.47 bits per heavy atom. The Hall–Kier alpha value is -3.40. The van der Waals surface area contributed by atoms with Gasteiger partial charge in [0.2, 0.25) is 0 Å². The molecule has 3 aromatic rings. The van der Waals surface area contributed by atoms with Crippen molar-refractivity contribution in [3.05, 3.63) is 65.6 Å². The van der Waals surface area contributed by atoms with Crippen molar-refractivity contribution in [3.8, 4) is 11.4 Å². The number of imidazole rings is 1. The fraction of sp³-hybridized carbons (Fsp3) is 0.375.